The molecular weight excluding hydrogens is 252 g/mol. The average molecular weight is 266 g/mol. The van der Waals surface area contributed by atoms with E-state index < -0.39 is 0 Å². The Labute approximate surface area is 117 Å². The van der Waals surface area contributed by atoms with E-state index in [2.05, 4.69) is 35.7 Å². The molecule has 2 aromatic carbocycles. The van der Waals surface area contributed by atoms with Crippen LogP contribution in [0.15, 0.2) is 60.7 Å². The smallest absolute Gasteiger partial charge is 0.117 e. The number of benzene rings is 2. The van der Waals surface area contributed by atoms with Crippen LogP contribution in [0.4, 0.5) is 0 Å². The van der Waals surface area contributed by atoms with Crippen LogP contribution in [0.1, 0.15) is 11.1 Å². The number of hydrogen-bond acceptors (Lipinski definition) is 3. The summed E-state index contributed by atoms with van der Waals surface area (Å²) in [5.41, 5.74) is 2.40. The predicted molar refractivity (Wildman–Crippen MR) is 78.7 cm³/mol. The van der Waals surface area contributed by atoms with E-state index >= 15 is 0 Å². The second-order valence-electron chi connectivity index (χ2n) is 4.55. The molecule has 0 saturated carbocycles. The molecule has 19 heavy (non-hydrogen) atoms. The van der Waals surface area contributed by atoms with Gasteiger partial charge >= 0.3 is 0 Å². The molecule has 1 heterocycles. The first-order valence-corrected chi connectivity index (χ1v) is 7.26. The summed E-state index contributed by atoms with van der Waals surface area (Å²) < 4.78 is 0. The van der Waals surface area contributed by atoms with E-state index in [9.17, 15) is 0 Å². The zero-order chi connectivity index (χ0) is 13.1. The van der Waals surface area contributed by atoms with E-state index in [0.717, 1.165) is 5.75 Å². The molecule has 2 nitrogen and oxygen atoms in total. The Bertz CT molecular complexity index is 550. The van der Waals surface area contributed by atoms with Crippen LogP contribution in [0.25, 0.3) is 0 Å². The van der Waals surface area contributed by atoms with Gasteiger partial charge in [-0.1, -0.05) is 60.7 Å². The van der Waals surface area contributed by atoms with Crippen LogP contribution in [0.5, 0.6) is 0 Å². The van der Waals surface area contributed by atoms with E-state index in [1.807, 2.05) is 36.4 Å². The molecule has 1 saturated heterocycles. The lowest BCUT2D eigenvalue weighted by Gasteiger charge is -2.30. The first-order valence-electron chi connectivity index (χ1n) is 6.27. The molecule has 0 spiro atoms. The van der Waals surface area contributed by atoms with Crippen molar-refractivity contribution in [1.29, 1.82) is 5.26 Å². The first kappa shape index (κ1) is 12.3. The maximum Gasteiger partial charge on any atom is 0.117 e. The molecular formula is C16H14N2S. The molecule has 3 rings (SSSR count). The fourth-order valence-electron chi connectivity index (χ4n) is 2.45. The summed E-state index contributed by atoms with van der Waals surface area (Å²) >= 11 is 1.80. The van der Waals surface area contributed by atoms with Crippen LogP contribution in [0, 0.1) is 11.3 Å². The van der Waals surface area contributed by atoms with Gasteiger partial charge in [0.05, 0.1) is 6.07 Å². The molecule has 0 radical (unpaired) electrons. The van der Waals surface area contributed by atoms with Crippen LogP contribution in [0.2, 0.25) is 0 Å². The van der Waals surface area contributed by atoms with Crippen molar-refractivity contribution >= 4 is 11.8 Å². The van der Waals surface area contributed by atoms with Crippen LogP contribution in [0.3, 0.4) is 0 Å². The average Bonchev–Trinajstić information content (AvgIpc) is 2.95. The molecule has 0 aromatic heterocycles. The highest BCUT2D eigenvalue weighted by Gasteiger charge is 2.42. The summed E-state index contributed by atoms with van der Waals surface area (Å²) in [4.78, 5) is -0.303. The van der Waals surface area contributed by atoms with Crippen LogP contribution < -0.4 is 5.32 Å². The Morgan fingerprint density at radius 3 is 1.95 bits per heavy atom. The van der Waals surface area contributed by atoms with Crippen molar-refractivity contribution in [3.63, 3.8) is 0 Å². The van der Waals surface area contributed by atoms with Gasteiger partial charge < -0.3 is 0 Å². The molecule has 2 aromatic rings. The molecule has 0 aliphatic carbocycles. The van der Waals surface area contributed by atoms with Gasteiger partial charge in [-0.05, 0) is 11.1 Å². The van der Waals surface area contributed by atoms with Crippen molar-refractivity contribution in [3.05, 3.63) is 71.8 Å². The van der Waals surface area contributed by atoms with Crippen LogP contribution in [-0.4, -0.2) is 11.8 Å². The third-order valence-corrected chi connectivity index (χ3v) is 4.88. The number of thioether (sulfide) groups is 1. The SMILES string of the molecule is N#CC1CSC(c2ccccc2)(c2ccccc2)N1. The molecule has 94 valence electrons. The topological polar surface area (TPSA) is 35.8 Å². The van der Waals surface area contributed by atoms with Gasteiger partial charge in [0.25, 0.3) is 0 Å². The third-order valence-electron chi connectivity index (χ3n) is 3.36. The minimum Gasteiger partial charge on any atom is -0.279 e. The van der Waals surface area contributed by atoms with E-state index in [0.29, 0.717) is 0 Å². The van der Waals surface area contributed by atoms with Gasteiger partial charge in [0.1, 0.15) is 10.9 Å². The zero-order valence-electron chi connectivity index (χ0n) is 10.4. The largest absolute Gasteiger partial charge is 0.279 e. The summed E-state index contributed by atoms with van der Waals surface area (Å²) in [6, 6.07) is 22.9. The molecule has 1 atom stereocenters. The maximum absolute atomic E-state index is 9.17. The van der Waals surface area contributed by atoms with Gasteiger partial charge in [-0.25, -0.2) is 0 Å². The Morgan fingerprint density at radius 1 is 1.00 bits per heavy atom. The monoisotopic (exact) mass is 266 g/mol. The Hall–Kier alpha value is -1.76. The molecule has 1 unspecified atom stereocenters. The van der Waals surface area contributed by atoms with Crippen molar-refractivity contribution in [3.8, 4) is 6.07 Å². The van der Waals surface area contributed by atoms with Crippen molar-refractivity contribution in [2.24, 2.45) is 0 Å². The Morgan fingerprint density at radius 2 is 1.53 bits per heavy atom. The highest BCUT2D eigenvalue weighted by atomic mass is 32.2. The standard InChI is InChI=1S/C16H14N2S/c17-11-15-12-19-16(18-15,13-7-3-1-4-8-13)14-9-5-2-6-10-14/h1-10,15,18H,12H2. The number of nitriles is 1. The van der Waals surface area contributed by atoms with Gasteiger partial charge in [-0.3, -0.25) is 5.32 Å². The normalized spacial score (nSPS) is 20.9. The molecule has 1 aliphatic heterocycles. The van der Waals surface area contributed by atoms with Crippen molar-refractivity contribution in [1.82, 2.24) is 5.32 Å². The molecule has 0 amide bonds. The lowest BCUT2D eigenvalue weighted by atomic mass is 9.97. The molecule has 1 fully saturated rings. The Balaban J connectivity index is 2.10. The highest BCUT2D eigenvalue weighted by Crippen LogP contribution is 2.44. The second-order valence-corrected chi connectivity index (χ2v) is 5.78. The number of nitrogens with zero attached hydrogens (tertiary/aromatic N) is 1. The summed E-state index contributed by atoms with van der Waals surface area (Å²) in [5.74, 6) is 0.806. The van der Waals surface area contributed by atoms with Crippen molar-refractivity contribution in [2.45, 2.75) is 10.9 Å². The van der Waals surface area contributed by atoms with E-state index in [4.69, 9.17) is 5.26 Å². The van der Waals surface area contributed by atoms with Crippen molar-refractivity contribution in [2.75, 3.05) is 5.75 Å². The summed E-state index contributed by atoms with van der Waals surface area (Å²) in [6.07, 6.45) is 0. The van der Waals surface area contributed by atoms with Gasteiger partial charge in [0, 0.05) is 5.75 Å². The Kier molecular flexibility index (Phi) is 3.29. The van der Waals surface area contributed by atoms with Gasteiger partial charge in [0.15, 0.2) is 0 Å². The maximum atomic E-state index is 9.17. The fraction of sp³-hybridized carbons (Fsp3) is 0.188. The van der Waals surface area contributed by atoms with Gasteiger partial charge in [-0.15, -0.1) is 11.8 Å². The van der Waals surface area contributed by atoms with Gasteiger partial charge in [-0.2, -0.15) is 5.26 Å². The van der Waals surface area contributed by atoms with Crippen LogP contribution in [-0.2, 0) is 4.87 Å². The number of hydrogen-bond donors (Lipinski definition) is 1. The molecule has 1 aliphatic rings. The molecule has 1 N–H and O–H groups in total. The summed E-state index contributed by atoms with van der Waals surface area (Å²) in [5, 5.41) is 12.7. The lowest BCUT2D eigenvalue weighted by Crippen LogP contribution is -2.39. The van der Waals surface area contributed by atoms with Crippen molar-refractivity contribution < 1.29 is 0 Å². The van der Waals surface area contributed by atoms with E-state index in [1.165, 1.54) is 11.1 Å². The lowest BCUT2D eigenvalue weighted by molar-refractivity contribution is 0.562. The summed E-state index contributed by atoms with van der Waals surface area (Å²) in [6.45, 7) is 0. The number of rotatable bonds is 2. The second kappa shape index (κ2) is 5.08. The molecule has 0 bridgehead atoms. The minimum atomic E-state index is -0.303. The highest BCUT2D eigenvalue weighted by molar-refractivity contribution is 8.00. The predicted octanol–water partition coefficient (Wildman–Crippen LogP) is 3.12. The van der Waals surface area contributed by atoms with E-state index in [-0.39, 0.29) is 10.9 Å². The third kappa shape index (κ3) is 2.14. The minimum absolute atomic E-state index is 0.106. The van der Waals surface area contributed by atoms with Gasteiger partial charge in [0.2, 0.25) is 0 Å². The zero-order valence-corrected chi connectivity index (χ0v) is 11.2. The van der Waals surface area contributed by atoms with Crippen LogP contribution >= 0.6 is 11.8 Å². The quantitative estimate of drug-likeness (QED) is 0.907. The number of nitrogens with one attached hydrogen (secondary N) is 1. The fourth-order valence-corrected chi connectivity index (χ4v) is 3.86. The summed E-state index contributed by atoms with van der Waals surface area (Å²) in [7, 11) is 0. The first-order chi connectivity index (χ1) is 9.35. The van der Waals surface area contributed by atoms with E-state index in [1.54, 1.807) is 11.8 Å². The molecule has 3 heteroatoms.